The fourth-order valence-corrected chi connectivity index (χ4v) is 2.35. The van der Waals surface area contributed by atoms with Crippen LogP contribution in [0.2, 0.25) is 0 Å². The summed E-state index contributed by atoms with van der Waals surface area (Å²) < 4.78 is 11.0. The summed E-state index contributed by atoms with van der Waals surface area (Å²) >= 11 is 0. The summed E-state index contributed by atoms with van der Waals surface area (Å²) in [6.07, 6.45) is 1.39. The number of ether oxygens (including phenoxy) is 1. The topological polar surface area (TPSA) is 71.7 Å². The second kappa shape index (κ2) is 6.63. The number of furan rings is 1. The molecule has 0 aliphatic heterocycles. The van der Waals surface area contributed by atoms with Crippen molar-refractivity contribution in [3.05, 3.63) is 29.5 Å². The number of hydrogen-bond acceptors (Lipinski definition) is 4. The number of nitrogens with one attached hydrogen (secondary N) is 1. The van der Waals surface area contributed by atoms with Crippen LogP contribution < -0.4 is 10.1 Å². The van der Waals surface area contributed by atoms with Crippen LogP contribution >= 0.6 is 0 Å². The summed E-state index contributed by atoms with van der Waals surface area (Å²) in [7, 11) is 1.57. The van der Waals surface area contributed by atoms with E-state index in [4.69, 9.17) is 14.3 Å². The molecule has 0 fully saturated rings. The maximum absolute atomic E-state index is 12.3. The number of aliphatic hydroxyl groups is 1. The summed E-state index contributed by atoms with van der Waals surface area (Å²) in [5.41, 5.74) is 1.39. The van der Waals surface area contributed by atoms with Crippen LogP contribution in [0.4, 0.5) is 0 Å². The Morgan fingerprint density at radius 2 is 2.24 bits per heavy atom. The molecule has 5 nitrogen and oxygen atoms in total. The number of hydrogen-bond donors (Lipinski definition) is 2. The average molecular weight is 291 g/mol. The zero-order valence-corrected chi connectivity index (χ0v) is 12.6. The molecular weight excluding hydrogens is 270 g/mol. The third-order valence-electron chi connectivity index (χ3n) is 3.53. The van der Waals surface area contributed by atoms with Gasteiger partial charge in [-0.15, -0.1) is 0 Å². The number of carbonyl (C=O) groups is 1. The van der Waals surface area contributed by atoms with E-state index in [1.807, 2.05) is 26.0 Å². The second-order valence-corrected chi connectivity index (χ2v) is 5.13. The first-order valence-electron chi connectivity index (χ1n) is 7.06. The number of rotatable bonds is 6. The number of methoxy groups -OCH3 is 1. The van der Waals surface area contributed by atoms with Gasteiger partial charge in [0, 0.05) is 23.6 Å². The third-order valence-corrected chi connectivity index (χ3v) is 3.53. The van der Waals surface area contributed by atoms with E-state index in [1.165, 1.54) is 0 Å². The Hall–Kier alpha value is -2.01. The second-order valence-electron chi connectivity index (χ2n) is 5.13. The van der Waals surface area contributed by atoms with Crippen molar-refractivity contribution < 1.29 is 19.1 Å². The number of para-hydroxylation sites is 1. The van der Waals surface area contributed by atoms with Gasteiger partial charge < -0.3 is 19.6 Å². The van der Waals surface area contributed by atoms with Crippen molar-refractivity contribution in [3.63, 3.8) is 0 Å². The van der Waals surface area contributed by atoms with E-state index < -0.39 is 0 Å². The molecule has 1 aromatic heterocycles. The molecule has 0 spiro atoms. The maximum Gasteiger partial charge on any atom is 0.287 e. The van der Waals surface area contributed by atoms with Gasteiger partial charge in [0.25, 0.3) is 5.91 Å². The number of aliphatic hydroxyl groups excluding tert-OH is 1. The van der Waals surface area contributed by atoms with E-state index in [1.54, 1.807) is 13.2 Å². The number of amides is 1. The molecule has 2 N–H and O–H groups in total. The van der Waals surface area contributed by atoms with Crippen molar-refractivity contribution >= 4 is 16.9 Å². The zero-order chi connectivity index (χ0) is 15.4. The monoisotopic (exact) mass is 291 g/mol. The van der Waals surface area contributed by atoms with Crippen molar-refractivity contribution in [2.75, 3.05) is 13.7 Å². The highest BCUT2D eigenvalue weighted by Crippen LogP contribution is 2.32. The largest absolute Gasteiger partial charge is 0.493 e. The lowest BCUT2D eigenvalue weighted by Crippen LogP contribution is -2.32. The lowest BCUT2D eigenvalue weighted by Gasteiger charge is -2.12. The molecule has 2 aromatic rings. The Balaban J connectivity index is 2.25. The molecule has 0 radical (unpaired) electrons. The van der Waals surface area contributed by atoms with Gasteiger partial charge >= 0.3 is 0 Å². The summed E-state index contributed by atoms with van der Waals surface area (Å²) in [4.78, 5) is 12.3. The number of carbonyl (C=O) groups excluding carboxylic acids is 1. The van der Waals surface area contributed by atoms with Crippen LogP contribution in [-0.2, 0) is 0 Å². The molecular formula is C16H21NO4. The summed E-state index contributed by atoms with van der Waals surface area (Å²) in [5, 5.41) is 12.6. The maximum atomic E-state index is 12.3. The van der Waals surface area contributed by atoms with E-state index in [0.717, 1.165) is 17.4 Å². The SMILES string of the molecule is COc1cccc2c(C)c(C(=O)NC(C)CCCO)oc12. The predicted octanol–water partition coefficient (Wildman–Crippen LogP) is 2.64. The Morgan fingerprint density at radius 1 is 1.48 bits per heavy atom. The van der Waals surface area contributed by atoms with Gasteiger partial charge in [0.05, 0.1) is 7.11 Å². The molecule has 1 unspecified atom stereocenters. The van der Waals surface area contributed by atoms with E-state index in [2.05, 4.69) is 5.32 Å². The third kappa shape index (κ3) is 3.19. The van der Waals surface area contributed by atoms with Crippen LogP contribution in [0.5, 0.6) is 5.75 Å². The minimum Gasteiger partial charge on any atom is -0.493 e. The van der Waals surface area contributed by atoms with E-state index >= 15 is 0 Å². The van der Waals surface area contributed by atoms with Crippen LogP contribution in [0.15, 0.2) is 22.6 Å². The molecule has 0 saturated carbocycles. The highest BCUT2D eigenvalue weighted by atomic mass is 16.5. The smallest absolute Gasteiger partial charge is 0.287 e. The van der Waals surface area contributed by atoms with Gasteiger partial charge in [-0.3, -0.25) is 4.79 Å². The minimum atomic E-state index is -0.240. The predicted molar refractivity (Wildman–Crippen MR) is 80.8 cm³/mol. The lowest BCUT2D eigenvalue weighted by atomic mass is 10.1. The summed E-state index contributed by atoms with van der Waals surface area (Å²) in [5.74, 6) is 0.685. The molecule has 5 heteroatoms. The van der Waals surface area contributed by atoms with Gasteiger partial charge in [-0.05, 0) is 32.8 Å². The number of benzene rings is 1. The molecule has 1 aromatic carbocycles. The molecule has 0 bridgehead atoms. The molecule has 1 heterocycles. The average Bonchev–Trinajstić information content (AvgIpc) is 2.82. The first kappa shape index (κ1) is 15.4. The van der Waals surface area contributed by atoms with E-state index in [9.17, 15) is 4.79 Å². The number of aryl methyl sites for hydroxylation is 1. The van der Waals surface area contributed by atoms with Gasteiger partial charge in [0.15, 0.2) is 17.1 Å². The fraction of sp³-hybridized carbons (Fsp3) is 0.438. The van der Waals surface area contributed by atoms with Crippen LogP contribution in [0.25, 0.3) is 11.0 Å². The van der Waals surface area contributed by atoms with Crippen LogP contribution in [0.3, 0.4) is 0 Å². The highest BCUT2D eigenvalue weighted by molar-refractivity contribution is 6.00. The Labute approximate surface area is 123 Å². The molecule has 0 aliphatic carbocycles. The lowest BCUT2D eigenvalue weighted by molar-refractivity contribution is 0.0909. The normalized spacial score (nSPS) is 12.4. The standard InChI is InChI=1S/C16H21NO4/c1-10(6-5-9-18)17-16(19)14-11(2)12-7-4-8-13(20-3)15(12)21-14/h4,7-8,10,18H,5-6,9H2,1-3H3,(H,17,19). The molecule has 0 saturated heterocycles. The molecule has 114 valence electrons. The zero-order valence-electron chi connectivity index (χ0n) is 12.6. The van der Waals surface area contributed by atoms with Crippen molar-refractivity contribution in [1.82, 2.24) is 5.32 Å². The Bertz CT molecular complexity index is 632. The number of fused-ring (bicyclic) bond motifs is 1. The van der Waals surface area contributed by atoms with Crippen LogP contribution in [0, 0.1) is 6.92 Å². The van der Waals surface area contributed by atoms with Gasteiger partial charge in [0.2, 0.25) is 0 Å². The van der Waals surface area contributed by atoms with Gasteiger partial charge in [-0.1, -0.05) is 12.1 Å². The van der Waals surface area contributed by atoms with Crippen molar-refractivity contribution in [2.45, 2.75) is 32.7 Å². The minimum absolute atomic E-state index is 0.0147. The summed E-state index contributed by atoms with van der Waals surface area (Å²) in [6.45, 7) is 3.89. The molecule has 1 atom stereocenters. The van der Waals surface area contributed by atoms with E-state index in [0.29, 0.717) is 23.5 Å². The van der Waals surface area contributed by atoms with Gasteiger partial charge in [0.1, 0.15) is 0 Å². The van der Waals surface area contributed by atoms with Crippen LogP contribution in [-0.4, -0.2) is 30.8 Å². The quantitative estimate of drug-likeness (QED) is 0.858. The Kier molecular flexibility index (Phi) is 4.85. The van der Waals surface area contributed by atoms with Gasteiger partial charge in [-0.25, -0.2) is 0 Å². The van der Waals surface area contributed by atoms with Crippen molar-refractivity contribution in [1.29, 1.82) is 0 Å². The highest BCUT2D eigenvalue weighted by Gasteiger charge is 2.20. The molecule has 2 rings (SSSR count). The van der Waals surface area contributed by atoms with Crippen LogP contribution in [0.1, 0.15) is 35.9 Å². The Morgan fingerprint density at radius 3 is 2.90 bits per heavy atom. The van der Waals surface area contributed by atoms with E-state index in [-0.39, 0.29) is 18.6 Å². The van der Waals surface area contributed by atoms with Gasteiger partial charge in [-0.2, -0.15) is 0 Å². The molecule has 21 heavy (non-hydrogen) atoms. The summed E-state index contributed by atoms with van der Waals surface area (Å²) in [6, 6.07) is 5.56. The van der Waals surface area contributed by atoms with Crippen molar-refractivity contribution in [3.8, 4) is 5.75 Å². The first-order chi connectivity index (χ1) is 10.1. The first-order valence-corrected chi connectivity index (χ1v) is 7.06. The molecule has 1 amide bonds. The molecule has 0 aliphatic rings. The fourth-order valence-electron chi connectivity index (χ4n) is 2.35. The van der Waals surface area contributed by atoms with Crippen molar-refractivity contribution in [2.24, 2.45) is 0 Å².